The number of hydrogen-bond acceptors (Lipinski definition) is 13. The lowest BCUT2D eigenvalue weighted by Crippen LogP contribution is -2.61. The van der Waals surface area contributed by atoms with Gasteiger partial charge in [-0.05, 0) is 65.1 Å². The van der Waals surface area contributed by atoms with Crippen molar-refractivity contribution in [1.82, 2.24) is 42.5 Å². The fraction of sp³-hybridized carbons (Fsp3) is 0.462. The number of nitrogens with one attached hydrogen (secondary N) is 8. The summed E-state index contributed by atoms with van der Waals surface area (Å²) in [6.45, 7) is 9.07. The van der Waals surface area contributed by atoms with Crippen LogP contribution in [-0.4, -0.2) is 130 Å². The Morgan fingerprint density at radius 1 is 0.507 bits per heavy atom. The van der Waals surface area contributed by atoms with E-state index in [0.717, 1.165) is 0 Å². The van der Waals surface area contributed by atoms with E-state index in [1.807, 2.05) is 13.8 Å². The van der Waals surface area contributed by atoms with Crippen molar-refractivity contribution < 1.29 is 63.3 Å². The smallest absolute Gasteiger partial charge is 0.326 e. The number of rotatable bonds is 30. The van der Waals surface area contributed by atoms with Crippen LogP contribution in [0.2, 0.25) is 0 Å². The van der Waals surface area contributed by atoms with Crippen LogP contribution >= 0.6 is 0 Å². The van der Waals surface area contributed by atoms with E-state index in [0.29, 0.717) is 29.5 Å². The molecule has 0 fully saturated rings. The molecule has 0 spiro atoms. The van der Waals surface area contributed by atoms with Crippen LogP contribution in [0.25, 0.3) is 0 Å². The van der Waals surface area contributed by atoms with E-state index in [2.05, 4.69) is 42.5 Å². The van der Waals surface area contributed by atoms with Gasteiger partial charge in [-0.2, -0.15) is 0 Å². The standard InChI is InChI=1S/C52H72N10O13/c1-7-30(6)45(52(74)75)62-50(72)39(24-33-15-19-35(64)20-16-33)59-48(70)40(25-41(54)65)60-51(73)44(29(4)5)61-49(71)38(22-31-11-9-8-10-12-31)58-43(67)27-56-47(69)37(23-32-13-17-34(63)18-14-32)57-42(66)26-55-46(68)36(53)21-28(2)3/h8-20,28-30,36-40,44-45,63-64H,7,21-27,53H2,1-6H3,(H2,54,65)(H,55,68)(H,56,69)(H,57,66)(H,58,67)(H,59,70)(H,60,73)(H,61,71)(H,62,72)(H,74,75)/t30-,36-,37-,38-,39-,40-,44-,45-/m0/s1. The number of phenols is 2. The number of hydrogen-bond donors (Lipinski definition) is 13. The van der Waals surface area contributed by atoms with Crippen molar-refractivity contribution in [3.8, 4) is 11.5 Å². The van der Waals surface area contributed by atoms with Crippen LogP contribution in [0.3, 0.4) is 0 Å². The molecule has 0 saturated heterocycles. The van der Waals surface area contributed by atoms with Crippen LogP contribution in [0, 0.1) is 17.8 Å². The largest absolute Gasteiger partial charge is 0.508 e. The van der Waals surface area contributed by atoms with Crippen molar-refractivity contribution in [2.45, 2.75) is 122 Å². The first-order valence-electron chi connectivity index (χ1n) is 24.6. The Morgan fingerprint density at radius 2 is 0.920 bits per heavy atom. The maximum atomic E-state index is 14.2. The first kappa shape index (κ1) is 61.2. The molecule has 8 atom stereocenters. The zero-order valence-electron chi connectivity index (χ0n) is 43.0. The van der Waals surface area contributed by atoms with Gasteiger partial charge in [-0.1, -0.05) is 103 Å². The zero-order valence-corrected chi connectivity index (χ0v) is 43.0. The van der Waals surface area contributed by atoms with Gasteiger partial charge in [-0.25, -0.2) is 4.79 Å². The number of nitrogens with two attached hydrogens (primary N) is 2. The SMILES string of the molecule is CC[C@H](C)[C@H](NC(=O)[C@H](Cc1ccc(O)cc1)NC(=O)[C@H](CC(N)=O)NC(=O)[C@@H](NC(=O)[C@H](Cc1ccccc1)NC(=O)CNC(=O)[C@H](Cc1ccc(O)cc1)NC(=O)CNC(=O)[C@@H](N)CC(C)C)C(C)C)C(=O)O. The van der Waals surface area contributed by atoms with Crippen LogP contribution in [0.4, 0.5) is 0 Å². The average Bonchev–Trinajstić information content (AvgIpc) is 3.35. The molecule has 75 heavy (non-hydrogen) atoms. The van der Waals surface area contributed by atoms with Crippen molar-refractivity contribution >= 4 is 59.1 Å². The third-order valence-electron chi connectivity index (χ3n) is 11.9. The molecule has 0 aliphatic carbocycles. The summed E-state index contributed by atoms with van der Waals surface area (Å²) in [5.41, 5.74) is 13.0. The molecule has 0 heterocycles. The molecule has 0 aliphatic rings. The summed E-state index contributed by atoms with van der Waals surface area (Å²) >= 11 is 0. The highest BCUT2D eigenvalue weighted by atomic mass is 16.4. The molecule has 3 aromatic rings. The van der Waals surface area contributed by atoms with Gasteiger partial charge >= 0.3 is 5.97 Å². The van der Waals surface area contributed by atoms with Gasteiger partial charge in [0.05, 0.1) is 25.6 Å². The number of carboxylic acid groups (broad SMARTS) is 1. The van der Waals surface area contributed by atoms with Gasteiger partial charge in [0.1, 0.15) is 47.8 Å². The molecule has 408 valence electrons. The Morgan fingerprint density at radius 3 is 1.36 bits per heavy atom. The Hall–Kier alpha value is -8.08. The summed E-state index contributed by atoms with van der Waals surface area (Å²) < 4.78 is 0. The van der Waals surface area contributed by atoms with E-state index in [-0.39, 0.29) is 36.7 Å². The number of carbonyl (C=O) groups excluding carboxylic acids is 9. The van der Waals surface area contributed by atoms with Crippen molar-refractivity contribution in [2.24, 2.45) is 29.2 Å². The predicted molar refractivity (Wildman–Crippen MR) is 275 cm³/mol. The summed E-state index contributed by atoms with van der Waals surface area (Å²) in [6, 6.07) is 10.5. The summed E-state index contributed by atoms with van der Waals surface area (Å²) in [6.07, 6.45) is -0.426. The molecule has 0 aliphatic heterocycles. The van der Waals surface area contributed by atoms with E-state index in [1.54, 1.807) is 58.0 Å². The molecule has 23 heteroatoms. The van der Waals surface area contributed by atoms with Crippen molar-refractivity contribution in [3.05, 3.63) is 95.6 Å². The summed E-state index contributed by atoms with van der Waals surface area (Å²) in [7, 11) is 0. The number of carbonyl (C=O) groups is 10. The second-order valence-corrected chi connectivity index (χ2v) is 19.1. The van der Waals surface area contributed by atoms with Crippen LogP contribution in [-0.2, 0) is 67.2 Å². The summed E-state index contributed by atoms with van der Waals surface area (Å²) in [5.74, 6) is -10.3. The molecular formula is C52H72N10O13. The topological polar surface area (TPSA) is 380 Å². The zero-order chi connectivity index (χ0) is 55.9. The third kappa shape index (κ3) is 21.5. The number of primary amides is 1. The Balaban J connectivity index is 1.82. The van der Waals surface area contributed by atoms with Crippen LogP contribution < -0.4 is 54.0 Å². The van der Waals surface area contributed by atoms with E-state index < -0.39 is 133 Å². The van der Waals surface area contributed by atoms with Gasteiger partial charge in [0.15, 0.2) is 0 Å². The lowest BCUT2D eigenvalue weighted by atomic mass is 9.98. The van der Waals surface area contributed by atoms with Gasteiger partial charge in [0, 0.05) is 19.3 Å². The van der Waals surface area contributed by atoms with Crippen molar-refractivity contribution in [3.63, 3.8) is 0 Å². The number of carboxylic acids is 1. The first-order valence-corrected chi connectivity index (χ1v) is 24.6. The normalized spacial score (nSPS) is 14.3. The van der Waals surface area contributed by atoms with E-state index >= 15 is 0 Å². The van der Waals surface area contributed by atoms with Gasteiger partial charge in [0.25, 0.3) is 0 Å². The van der Waals surface area contributed by atoms with Gasteiger partial charge in [-0.15, -0.1) is 0 Å². The fourth-order valence-corrected chi connectivity index (χ4v) is 7.58. The Bertz CT molecular complexity index is 2440. The van der Waals surface area contributed by atoms with Crippen LogP contribution in [0.1, 0.15) is 77.5 Å². The summed E-state index contributed by atoms with van der Waals surface area (Å²) in [5, 5.41) is 49.5. The number of benzene rings is 3. The van der Waals surface area contributed by atoms with Crippen molar-refractivity contribution in [2.75, 3.05) is 13.1 Å². The minimum atomic E-state index is -1.72. The van der Waals surface area contributed by atoms with Gasteiger partial charge < -0.3 is 69.3 Å². The van der Waals surface area contributed by atoms with E-state index in [1.165, 1.54) is 48.5 Å². The van der Waals surface area contributed by atoms with E-state index in [4.69, 9.17) is 11.5 Å². The second kappa shape index (κ2) is 30.2. The molecule has 15 N–H and O–H groups in total. The molecule has 0 bridgehead atoms. The number of aliphatic carboxylic acids is 1. The highest BCUT2D eigenvalue weighted by Crippen LogP contribution is 2.15. The minimum Gasteiger partial charge on any atom is -0.508 e. The van der Waals surface area contributed by atoms with E-state index in [9.17, 15) is 63.3 Å². The van der Waals surface area contributed by atoms with Crippen molar-refractivity contribution in [1.29, 1.82) is 0 Å². The Labute approximate surface area is 435 Å². The highest BCUT2D eigenvalue weighted by molar-refractivity contribution is 5.98. The van der Waals surface area contributed by atoms with Gasteiger partial charge in [0.2, 0.25) is 53.2 Å². The summed E-state index contributed by atoms with van der Waals surface area (Å²) in [4.78, 5) is 133. The number of aromatic hydroxyl groups is 2. The monoisotopic (exact) mass is 1040 g/mol. The average molecular weight is 1050 g/mol. The molecule has 3 rings (SSSR count). The fourth-order valence-electron chi connectivity index (χ4n) is 7.58. The number of phenolic OH excluding ortho intramolecular Hbond substituents is 2. The lowest BCUT2D eigenvalue weighted by molar-refractivity contribution is -0.144. The predicted octanol–water partition coefficient (Wildman–Crippen LogP) is -0.698. The molecule has 0 saturated carbocycles. The lowest BCUT2D eigenvalue weighted by Gasteiger charge is -2.28. The molecule has 3 aromatic carbocycles. The highest BCUT2D eigenvalue weighted by Gasteiger charge is 2.35. The van der Waals surface area contributed by atoms with Crippen LogP contribution in [0.5, 0.6) is 11.5 Å². The number of amides is 9. The molecule has 9 amide bonds. The molecule has 0 radical (unpaired) electrons. The molecule has 23 nitrogen and oxygen atoms in total. The molecular weight excluding hydrogens is 973 g/mol. The minimum absolute atomic E-state index is 0.0443. The Kier molecular flexibility index (Phi) is 24.6. The maximum absolute atomic E-state index is 14.2. The molecule has 0 aromatic heterocycles. The third-order valence-corrected chi connectivity index (χ3v) is 11.9. The maximum Gasteiger partial charge on any atom is 0.326 e. The quantitative estimate of drug-likeness (QED) is 0.0393. The van der Waals surface area contributed by atoms with Crippen LogP contribution in [0.15, 0.2) is 78.9 Å². The first-order chi connectivity index (χ1) is 35.4. The second-order valence-electron chi connectivity index (χ2n) is 19.1. The molecule has 0 unspecified atom stereocenters. The van der Waals surface area contributed by atoms with Gasteiger partial charge in [-0.3, -0.25) is 43.2 Å².